The molecule has 0 aliphatic carbocycles. The number of rotatable bonds is 8. The van der Waals surface area contributed by atoms with Gasteiger partial charge in [0.15, 0.2) is 0 Å². The fourth-order valence-electron chi connectivity index (χ4n) is 1.84. The summed E-state index contributed by atoms with van der Waals surface area (Å²) >= 11 is 0. The molecule has 2 atom stereocenters. The first-order valence-corrected chi connectivity index (χ1v) is 8.52. The molecule has 3 heteroatoms. The quantitative estimate of drug-likeness (QED) is 0.668. The number of benzene rings is 1. The molecule has 2 nitrogen and oxygen atoms in total. The molecular formula is C15H24O2Si. The maximum atomic E-state index is 6.08. The average molecular weight is 264 g/mol. The SMILES string of the molecule is C=Cc1ccc(CO[SiH](CCC)C(C)OC)cc1. The minimum atomic E-state index is -1.26. The Hall–Kier alpha value is -0.903. The van der Waals surface area contributed by atoms with Crippen molar-refractivity contribution in [2.75, 3.05) is 7.11 Å². The second-order valence-corrected chi connectivity index (χ2v) is 7.45. The minimum absolute atomic E-state index is 0.275. The molecule has 0 radical (unpaired) electrons. The zero-order valence-corrected chi connectivity index (χ0v) is 12.8. The fourth-order valence-corrected chi connectivity index (χ4v) is 4.03. The molecule has 0 spiro atoms. The predicted octanol–water partition coefficient (Wildman–Crippen LogP) is 3.55. The molecule has 2 unspecified atom stereocenters. The van der Waals surface area contributed by atoms with Crippen molar-refractivity contribution in [3.05, 3.63) is 42.0 Å². The second kappa shape index (κ2) is 8.24. The number of hydrogen-bond acceptors (Lipinski definition) is 2. The molecule has 0 heterocycles. The van der Waals surface area contributed by atoms with Crippen molar-refractivity contribution in [2.45, 2.75) is 38.6 Å². The van der Waals surface area contributed by atoms with E-state index in [4.69, 9.17) is 9.16 Å². The Balaban J connectivity index is 2.52. The van der Waals surface area contributed by atoms with E-state index in [1.807, 2.05) is 6.08 Å². The summed E-state index contributed by atoms with van der Waals surface area (Å²) in [5, 5.41) is 0. The number of ether oxygens (including phenoxy) is 1. The molecule has 0 aromatic heterocycles. The largest absolute Gasteiger partial charge is 0.413 e. The molecule has 1 aromatic carbocycles. The van der Waals surface area contributed by atoms with Crippen molar-refractivity contribution in [1.29, 1.82) is 0 Å². The summed E-state index contributed by atoms with van der Waals surface area (Å²) in [4.78, 5) is 0. The van der Waals surface area contributed by atoms with E-state index in [0.717, 1.165) is 5.56 Å². The smallest absolute Gasteiger partial charge is 0.205 e. The molecule has 18 heavy (non-hydrogen) atoms. The molecule has 0 amide bonds. The summed E-state index contributed by atoms with van der Waals surface area (Å²) in [7, 11) is 0.507. The van der Waals surface area contributed by atoms with Crippen LogP contribution in [0, 0.1) is 0 Å². The molecule has 0 aliphatic rings. The number of hydrogen-bond donors (Lipinski definition) is 0. The lowest BCUT2D eigenvalue weighted by Gasteiger charge is -2.21. The molecule has 0 saturated heterocycles. The summed E-state index contributed by atoms with van der Waals surface area (Å²) in [5.41, 5.74) is 2.64. The first-order valence-electron chi connectivity index (χ1n) is 6.57. The van der Waals surface area contributed by atoms with Gasteiger partial charge in [-0.2, -0.15) is 0 Å². The topological polar surface area (TPSA) is 18.5 Å². The van der Waals surface area contributed by atoms with Crippen molar-refractivity contribution < 1.29 is 9.16 Å². The van der Waals surface area contributed by atoms with E-state index < -0.39 is 9.04 Å². The van der Waals surface area contributed by atoms with Gasteiger partial charge in [-0.15, -0.1) is 0 Å². The van der Waals surface area contributed by atoms with Gasteiger partial charge < -0.3 is 9.16 Å². The molecule has 0 fully saturated rings. The van der Waals surface area contributed by atoms with Crippen LogP contribution in [0.3, 0.4) is 0 Å². The Morgan fingerprint density at radius 2 is 2.00 bits per heavy atom. The van der Waals surface area contributed by atoms with Crippen LogP contribution in [0.5, 0.6) is 0 Å². The van der Waals surface area contributed by atoms with Crippen molar-refractivity contribution >= 4 is 15.1 Å². The average Bonchev–Trinajstić information content (AvgIpc) is 2.43. The van der Waals surface area contributed by atoms with Crippen LogP contribution in [0.2, 0.25) is 6.04 Å². The van der Waals surface area contributed by atoms with Gasteiger partial charge >= 0.3 is 0 Å². The minimum Gasteiger partial charge on any atom is -0.413 e. The van der Waals surface area contributed by atoms with E-state index >= 15 is 0 Å². The van der Waals surface area contributed by atoms with Gasteiger partial charge in [0.1, 0.15) is 0 Å². The Morgan fingerprint density at radius 3 is 2.50 bits per heavy atom. The Morgan fingerprint density at radius 1 is 1.33 bits per heavy atom. The lowest BCUT2D eigenvalue weighted by molar-refractivity contribution is 0.148. The third kappa shape index (κ3) is 4.76. The Labute approximate surface area is 112 Å². The van der Waals surface area contributed by atoms with Crippen molar-refractivity contribution in [3.63, 3.8) is 0 Å². The third-order valence-corrected chi connectivity index (χ3v) is 6.21. The normalized spacial score (nSPS) is 14.2. The first-order chi connectivity index (χ1) is 8.71. The zero-order chi connectivity index (χ0) is 13.4. The van der Waals surface area contributed by atoms with E-state index in [-0.39, 0.29) is 5.73 Å². The highest BCUT2D eigenvalue weighted by atomic mass is 28.3. The van der Waals surface area contributed by atoms with E-state index in [1.54, 1.807) is 7.11 Å². The summed E-state index contributed by atoms with van der Waals surface area (Å²) < 4.78 is 11.5. The van der Waals surface area contributed by atoms with Gasteiger partial charge in [0.05, 0.1) is 12.3 Å². The Kier molecular flexibility index (Phi) is 6.94. The van der Waals surface area contributed by atoms with Crippen LogP contribution in [0.15, 0.2) is 30.8 Å². The van der Waals surface area contributed by atoms with Crippen molar-refractivity contribution in [1.82, 2.24) is 0 Å². The molecule has 0 bridgehead atoms. The van der Waals surface area contributed by atoms with Gasteiger partial charge in [0.2, 0.25) is 9.04 Å². The number of methoxy groups -OCH3 is 1. The summed E-state index contributed by atoms with van der Waals surface area (Å²) in [5.74, 6) is 0. The molecule has 100 valence electrons. The van der Waals surface area contributed by atoms with Crippen molar-refractivity contribution in [2.24, 2.45) is 0 Å². The fraction of sp³-hybridized carbons (Fsp3) is 0.467. The zero-order valence-electron chi connectivity index (χ0n) is 11.7. The van der Waals surface area contributed by atoms with Crippen molar-refractivity contribution in [3.8, 4) is 0 Å². The van der Waals surface area contributed by atoms with Gasteiger partial charge in [-0.05, 0) is 24.1 Å². The summed E-state index contributed by atoms with van der Waals surface area (Å²) in [6, 6.07) is 9.52. The van der Waals surface area contributed by atoms with E-state index in [2.05, 4.69) is 44.7 Å². The van der Waals surface area contributed by atoms with Gasteiger partial charge in [-0.25, -0.2) is 0 Å². The Bertz CT molecular complexity index is 348. The van der Waals surface area contributed by atoms with E-state index in [0.29, 0.717) is 6.61 Å². The summed E-state index contributed by atoms with van der Waals surface area (Å²) in [6.45, 7) is 8.77. The highest BCUT2D eigenvalue weighted by Crippen LogP contribution is 2.12. The van der Waals surface area contributed by atoms with Gasteiger partial charge in [0.25, 0.3) is 0 Å². The van der Waals surface area contributed by atoms with Gasteiger partial charge in [-0.3, -0.25) is 0 Å². The van der Waals surface area contributed by atoms with Crippen LogP contribution in [0.25, 0.3) is 6.08 Å². The van der Waals surface area contributed by atoms with Gasteiger partial charge in [0, 0.05) is 7.11 Å². The molecule has 1 aromatic rings. The summed E-state index contributed by atoms with van der Waals surface area (Å²) in [6.07, 6.45) is 3.02. The van der Waals surface area contributed by atoms with Crippen LogP contribution < -0.4 is 0 Å². The second-order valence-electron chi connectivity index (χ2n) is 4.52. The van der Waals surface area contributed by atoms with Crippen LogP contribution >= 0.6 is 0 Å². The first kappa shape index (κ1) is 15.2. The molecule has 0 saturated carbocycles. The monoisotopic (exact) mass is 264 g/mol. The highest BCUT2D eigenvalue weighted by Gasteiger charge is 2.19. The van der Waals surface area contributed by atoms with Crippen LogP contribution in [0.4, 0.5) is 0 Å². The van der Waals surface area contributed by atoms with E-state index in [1.165, 1.54) is 18.0 Å². The molecule has 0 N–H and O–H groups in total. The maximum absolute atomic E-state index is 6.08. The highest BCUT2D eigenvalue weighted by molar-refractivity contribution is 6.53. The van der Waals surface area contributed by atoms with E-state index in [9.17, 15) is 0 Å². The van der Waals surface area contributed by atoms with Crippen LogP contribution in [-0.4, -0.2) is 21.9 Å². The third-order valence-electron chi connectivity index (χ3n) is 3.15. The molecule has 0 aliphatic heterocycles. The van der Waals surface area contributed by atoms with Crippen LogP contribution in [0.1, 0.15) is 31.4 Å². The molecular weight excluding hydrogens is 240 g/mol. The standard InChI is InChI=1S/C15H24O2Si/c1-5-11-18(13(3)16-4)17-12-15-9-7-14(6-2)8-10-15/h6-10,13,18H,2,5,11-12H2,1,3-4H3. The van der Waals surface area contributed by atoms with Gasteiger partial charge in [-0.1, -0.05) is 50.3 Å². The lowest BCUT2D eigenvalue weighted by Crippen LogP contribution is -2.33. The maximum Gasteiger partial charge on any atom is 0.205 e. The molecule has 1 rings (SSSR count). The predicted molar refractivity (Wildman–Crippen MR) is 80.0 cm³/mol. The lowest BCUT2D eigenvalue weighted by atomic mass is 10.1. The van der Waals surface area contributed by atoms with Crippen LogP contribution in [-0.2, 0) is 15.8 Å².